The van der Waals surface area contributed by atoms with E-state index < -0.39 is 0 Å². The molecule has 1 N–H and O–H groups in total. The van der Waals surface area contributed by atoms with Crippen molar-refractivity contribution in [1.29, 1.82) is 0 Å². The number of nitrogens with one attached hydrogen (secondary N) is 1. The van der Waals surface area contributed by atoms with Crippen molar-refractivity contribution in [3.63, 3.8) is 0 Å². The van der Waals surface area contributed by atoms with Gasteiger partial charge >= 0.3 is 5.69 Å². The molecule has 0 radical (unpaired) electrons. The van der Waals surface area contributed by atoms with E-state index in [9.17, 15) is 9.59 Å². The molecular weight excluding hydrogens is 470 g/mol. The summed E-state index contributed by atoms with van der Waals surface area (Å²) in [5.74, 6) is 0.927. The van der Waals surface area contributed by atoms with Crippen LogP contribution in [0.3, 0.4) is 0 Å². The maximum Gasteiger partial charge on any atom is 0.332 e. The van der Waals surface area contributed by atoms with Gasteiger partial charge in [-0.3, -0.25) is 18.8 Å². The monoisotopic (exact) mass is 503 g/mol. The molecule has 7 nitrogen and oxygen atoms in total. The van der Waals surface area contributed by atoms with E-state index in [0.29, 0.717) is 55.1 Å². The zero-order chi connectivity index (χ0) is 23.6. The summed E-state index contributed by atoms with van der Waals surface area (Å²) in [5, 5.41) is 0. The fourth-order valence-corrected chi connectivity index (χ4v) is 4.41. The van der Waals surface area contributed by atoms with E-state index >= 15 is 0 Å². The zero-order valence-electron chi connectivity index (χ0n) is 19.9. The minimum atomic E-state index is -0.299. The van der Waals surface area contributed by atoms with Crippen LogP contribution in [0.2, 0.25) is 0 Å². The van der Waals surface area contributed by atoms with E-state index in [1.165, 1.54) is 4.57 Å². The minimum absolute atomic E-state index is 0.247. The Hall–Kier alpha value is -2.19. The van der Waals surface area contributed by atoms with E-state index in [1.54, 1.807) is 4.57 Å². The van der Waals surface area contributed by atoms with E-state index in [2.05, 4.69) is 72.3 Å². The number of nitrogens with zero attached hydrogens (tertiary/aromatic N) is 4. The lowest BCUT2D eigenvalue weighted by atomic mass is 10.1. The Bertz CT molecular complexity index is 1160. The summed E-state index contributed by atoms with van der Waals surface area (Å²) in [4.78, 5) is 36.8. The first kappa shape index (κ1) is 24.5. The van der Waals surface area contributed by atoms with E-state index in [0.717, 1.165) is 10.0 Å². The molecule has 2 aromatic heterocycles. The Kier molecular flexibility index (Phi) is 7.77. The number of aromatic nitrogens is 4. The molecule has 174 valence electrons. The third-order valence-electron chi connectivity index (χ3n) is 5.65. The first-order chi connectivity index (χ1) is 15.1. The predicted molar refractivity (Wildman–Crippen MR) is 133 cm³/mol. The van der Waals surface area contributed by atoms with Gasteiger partial charge in [-0.15, -0.1) is 0 Å². The summed E-state index contributed by atoms with van der Waals surface area (Å²) in [6.07, 6.45) is 0.561. The Morgan fingerprint density at radius 3 is 2.19 bits per heavy atom. The Morgan fingerprint density at radius 2 is 1.62 bits per heavy atom. The van der Waals surface area contributed by atoms with Crippen LogP contribution < -0.4 is 11.2 Å². The molecule has 0 aliphatic heterocycles. The highest BCUT2D eigenvalue weighted by molar-refractivity contribution is 9.10. The lowest BCUT2D eigenvalue weighted by molar-refractivity contribution is 0.166. The highest BCUT2D eigenvalue weighted by atomic mass is 79.9. The standard InChI is InChI=1S/C24H34BrN5O2/c1-15(2)14-30-22-21(26-20(27-22)13-18-7-9-19(25)10-8-18)23(31)29(24(30)32)12-11-28(16(3)4)17(5)6/h7-10,15-17H,11-14H2,1-6H3,(H,26,27). The Morgan fingerprint density at radius 1 is 1.00 bits per heavy atom. The SMILES string of the molecule is CC(C)Cn1c(=O)n(CCN(C(C)C)C(C)C)c(=O)c2[nH]c(Cc3ccc(Br)cc3)nc21. The first-order valence-electron chi connectivity index (χ1n) is 11.3. The average molecular weight is 504 g/mol. The van der Waals surface area contributed by atoms with Crippen molar-refractivity contribution in [2.45, 2.75) is 73.1 Å². The summed E-state index contributed by atoms with van der Waals surface area (Å²) in [6, 6.07) is 8.66. The van der Waals surface area contributed by atoms with Gasteiger partial charge in [-0.2, -0.15) is 0 Å². The topological polar surface area (TPSA) is 75.9 Å². The van der Waals surface area contributed by atoms with Crippen LogP contribution in [0.15, 0.2) is 38.3 Å². The predicted octanol–water partition coefficient (Wildman–Crippen LogP) is 4.01. The highest BCUT2D eigenvalue weighted by Gasteiger charge is 2.20. The lowest BCUT2D eigenvalue weighted by Gasteiger charge is -2.30. The number of fused-ring (bicyclic) bond motifs is 1. The van der Waals surface area contributed by atoms with Gasteiger partial charge in [0.15, 0.2) is 5.65 Å². The number of imidazole rings is 1. The number of rotatable bonds is 9. The summed E-state index contributed by atoms with van der Waals surface area (Å²) in [5.41, 5.74) is 1.34. The molecule has 32 heavy (non-hydrogen) atoms. The molecule has 0 saturated heterocycles. The first-order valence-corrected chi connectivity index (χ1v) is 12.1. The van der Waals surface area contributed by atoms with Gasteiger partial charge in [-0.05, 0) is 51.3 Å². The van der Waals surface area contributed by atoms with E-state index in [-0.39, 0.29) is 17.2 Å². The molecule has 0 atom stereocenters. The number of H-pyrrole nitrogens is 1. The third kappa shape index (κ3) is 5.41. The fraction of sp³-hybridized carbons (Fsp3) is 0.542. The molecule has 0 unspecified atom stereocenters. The Balaban J connectivity index is 2.05. The molecule has 0 fully saturated rings. The van der Waals surface area contributed by atoms with E-state index in [4.69, 9.17) is 0 Å². The molecule has 0 aliphatic rings. The second kappa shape index (κ2) is 10.2. The molecule has 0 spiro atoms. The molecule has 0 bridgehead atoms. The van der Waals surface area contributed by atoms with Crippen LogP contribution >= 0.6 is 15.9 Å². The largest absolute Gasteiger partial charge is 0.336 e. The zero-order valence-corrected chi connectivity index (χ0v) is 21.4. The van der Waals surface area contributed by atoms with Crippen molar-refractivity contribution < 1.29 is 0 Å². The molecule has 0 saturated carbocycles. The minimum Gasteiger partial charge on any atom is -0.336 e. The second-order valence-electron chi connectivity index (χ2n) is 9.35. The number of aromatic amines is 1. The van der Waals surface area contributed by atoms with Gasteiger partial charge in [0.25, 0.3) is 5.56 Å². The summed E-state index contributed by atoms with van der Waals surface area (Å²) in [6.45, 7) is 14.1. The van der Waals surface area contributed by atoms with Crippen molar-refractivity contribution in [3.8, 4) is 0 Å². The normalized spacial score (nSPS) is 12.2. The summed E-state index contributed by atoms with van der Waals surface area (Å²) in [7, 11) is 0. The number of hydrogen-bond donors (Lipinski definition) is 1. The maximum atomic E-state index is 13.3. The summed E-state index contributed by atoms with van der Waals surface area (Å²) >= 11 is 3.45. The molecular formula is C24H34BrN5O2. The lowest BCUT2D eigenvalue weighted by Crippen LogP contribution is -2.45. The molecule has 2 heterocycles. The van der Waals surface area contributed by atoms with Crippen molar-refractivity contribution in [2.24, 2.45) is 5.92 Å². The number of benzene rings is 1. The van der Waals surface area contributed by atoms with Gasteiger partial charge in [-0.25, -0.2) is 9.78 Å². The maximum absolute atomic E-state index is 13.3. The van der Waals surface area contributed by atoms with Crippen LogP contribution in [0, 0.1) is 5.92 Å². The van der Waals surface area contributed by atoms with Gasteiger partial charge in [-0.1, -0.05) is 41.9 Å². The molecule has 3 aromatic rings. The van der Waals surface area contributed by atoms with Gasteiger partial charge < -0.3 is 4.98 Å². The van der Waals surface area contributed by atoms with Crippen molar-refractivity contribution in [2.75, 3.05) is 6.54 Å². The molecule has 1 aromatic carbocycles. The van der Waals surface area contributed by atoms with Crippen molar-refractivity contribution in [3.05, 3.63) is 61.0 Å². The molecule has 8 heteroatoms. The third-order valence-corrected chi connectivity index (χ3v) is 6.18. The Labute approximate surface area is 197 Å². The van der Waals surface area contributed by atoms with Crippen LogP contribution in [0.5, 0.6) is 0 Å². The molecule has 0 aliphatic carbocycles. The number of halogens is 1. The average Bonchev–Trinajstić information content (AvgIpc) is 3.12. The van der Waals surface area contributed by atoms with Crippen LogP contribution in [0.4, 0.5) is 0 Å². The van der Waals surface area contributed by atoms with Crippen molar-refractivity contribution in [1.82, 2.24) is 24.0 Å². The second-order valence-corrected chi connectivity index (χ2v) is 10.3. The van der Waals surface area contributed by atoms with Crippen LogP contribution in [-0.4, -0.2) is 42.6 Å². The van der Waals surface area contributed by atoms with Gasteiger partial charge in [0.05, 0.1) is 0 Å². The molecule has 0 amide bonds. The fourth-order valence-electron chi connectivity index (χ4n) is 4.15. The quantitative estimate of drug-likeness (QED) is 0.478. The molecule has 3 rings (SSSR count). The number of hydrogen-bond acceptors (Lipinski definition) is 4. The highest BCUT2D eigenvalue weighted by Crippen LogP contribution is 2.15. The van der Waals surface area contributed by atoms with Gasteiger partial charge in [0.2, 0.25) is 0 Å². The van der Waals surface area contributed by atoms with Crippen LogP contribution in [0.25, 0.3) is 11.2 Å². The summed E-state index contributed by atoms with van der Waals surface area (Å²) < 4.78 is 4.03. The van der Waals surface area contributed by atoms with Gasteiger partial charge in [0, 0.05) is 42.6 Å². The smallest absolute Gasteiger partial charge is 0.332 e. The van der Waals surface area contributed by atoms with Crippen LogP contribution in [-0.2, 0) is 19.5 Å². The van der Waals surface area contributed by atoms with Crippen molar-refractivity contribution >= 4 is 27.1 Å². The van der Waals surface area contributed by atoms with E-state index in [1.807, 2.05) is 24.3 Å². The van der Waals surface area contributed by atoms with Gasteiger partial charge in [0.1, 0.15) is 11.3 Å². The van der Waals surface area contributed by atoms with Crippen LogP contribution in [0.1, 0.15) is 52.9 Å².